The van der Waals surface area contributed by atoms with Crippen LogP contribution in [0.2, 0.25) is 0 Å². The van der Waals surface area contributed by atoms with E-state index in [0.29, 0.717) is 5.82 Å². The molecule has 1 aliphatic heterocycles. The molecular formula is C11H18N4O. The Hall–Kier alpha value is -1.36. The van der Waals surface area contributed by atoms with Crippen molar-refractivity contribution in [1.82, 2.24) is 14.9 Å². The molecule has 0 spiro atoms. The Kier molecular flexibility index (Phi) is 3.24. The van der Waals surface area contributed by atoms with Gasteiger partial charge in [0.05, 0.1) is 0 Å². The van der Waals surface area contributed by atoms with Gasteiger partial charge in [0.1, 0.15) is 0 Å². The van der Waals surface area contributed by atoms with Gasteiger partial charge < -0.3 is 14.8 Å². The molecule has 0 unspecified atom stereocenters. The van der Waals surface area contributed by atoms with Gasteiger partial charge in [0.25, 0.3) is 5.56 Å². The second kappa shape index (κ2) is 4.65. The van der Waals surface area contributed by atoms with Crippen LogP contribution in [0.4, 0.5) is 5.82 Å². The van der Waals surface area contributed by atoms with Gasteiger partial charge in [0.2, 0.25) is 0 Å². The number of nitrogens with zero attached hydrogens (tertiary/aromatic N) is 3. The second-order valence-corrected chi connectivity index (χ2v) is 4.29. The number of anilines is 1. The van der Waals surface area contributed by atoms with Gasteiger partial charge in [-0.05, 0) is 13.8 Å². The molecule has 1 aromatic heterocycles. The van der Waals surface area contributed by atoms with Crippen LogP contribution in [-0.2, 0) is 0 Å². The molecule has 0 aliphatic carbocycles. The predicted octanol–water partition coefficient (Wildman–Crippen LogP) is 0.234. The third-order valence-electron chi connectivity index (χ3n) is 2.82. The molecule has 16 heavy (non-hydrogen) atoms. The number of rotatable bonds is 2. The fourth-order valence-corrected chi connectivity index (χ4v) is 1.91. The molecule has 2 rings (SSSR count). The maximum Gasteiger partial charge on any atom is 0.293 e. The van der Waals surface area contributed by atoms with Crippen molar-refractivity contribution < 1.29 is 0 Å². The molecule has 0 amide bonds. The van der Waals surface area contributed by atoms with Gasteiger partial charge in [-0.1, -0.05) is 0 Å². The average molecular weight is 222 g/mol. The Balaban J connectivity index is 2.33. The van der Waals surface area contributed by atoms with E-state index >= 15 is 0 Å². The second-order valence-electron chi connectivity index (χ2n) is 4.29. The minimum atomic E-state index is 0.0133. The third-order valence-corrected chi connectivity index (χ3v) is 2.82. The normalized spacial score (nSPS) is 16.8. The van der Waals surface area contributed by atoms with E-state index in [1.807, 2.05) is 13.8 Å². The molecule has 2 heterocycles. The SMILES string of the molecule is CC(C)n1ccnc(N2CCNCC2)c1=O. The van der Waals surface area contributed by atoms with Crippen molar-refractivity contribution in [3.8, 4) is 0 Å². The largest absolute Gasteiger partial charge is 0.349 e. The standard InChI is InChI=1S/C11H18N4O/c1-9(2)15-8-5-13-10(11(15)16)14-6-3-12-4-7-14/h5,8-9,12H,3-4,6-7H2,1-2H3. The van der Waals surface area contributed by atoms with Gasteiger partial charge >= 0.3 is 0 Å². The van der Waals surface area contributed by atoms with Crippen molar-refractivity contribution in [1.29, 1.82) is 0 Å². The highest BCUT2D eigenvalue weighted by Gasteiger charge is 2.16. The molecule has 0 bridgehead atoms. The van der Waals surface area contributed by atoms with E-state index in [4.69, 9.17) is 0 Å². The lowest BCUT2D eigenvalue weighted by molar-refractivity contribution is 0.553. The van der Waals surface area contributed by atoms with Crippen LogP contribution >= 0.6 is 0 Å². The summed E-state index contributed by atoms with van der Waals surface area (Å²) in [6.07, 6.45) is 3.46. The Labute approximate surface area is 95.1 Å². The molecule has 0 atom stereocenters. The molecule has 1 fully saturated rings. The topological polar surface area (TPSA) is 50.2 Å². The highest BCUT2D eigenvalue weighted by atomic mass is 16.1. The van der Waals surface area contributed by atoms with E-state index in [-0.39, 0.29) is 11.6 Å². The van der Waals surface area contributed by atoms with Gasteiger partial charge in [-0.15, -0.1) is 0 Å². The van der Waals surface area contributed by atoms with Crippen LogP contribution < -0.4 is 15.8 Å². The smallest absolute Gasteiger partial charge is 0.293 e. The molecular weight excluding hydrogens is 204 g/mol. The molecule has 88 valence electrons. The molecule has 0 aromatic carbocycles. The molecule has 5 heteroatoms. The molecule has 1 N–H and O–H groups in total. The van der Waals surface area contributed by atoms with E-state index in [2.05, 4.69) is 15.2 Å². The number of hydrogen-bond acceptors (Lipinski definition) is 4. The number of aromatic nitrogens is 2. The van der Waals surface area contributed by atoms with E-state index in [1.54, 1.807) is 17.0 Å². The van der Waals surface area contributed by atoms with Gasteiger partial charge in [0, 0.05) is 44.6 Å². The van der Waals surface area contributed by atoms with E-state index in [1.165, 1.54) is 0 Å². The Morgan fingerprint density at radius 1 is 1.38 bits per heavy atom. The summed E-state index contributed by atoms with van der Waals surface area (Å²) < 4.78 is 1.73. The summed E-state index contributed by atoms with van der Waals surface area (Å²) in [5.41, 5.74) is 0.0133. The van der Waals surface area contributed by atoms with E-state index < -0.39 is 0 Å². The summed E-state index contributed by atoms with van der Waals surface area (Å²) in [6.45, 7) is 7.54. The maximum atomic E-state index is 12.1. The predicted molar refractivity (Wildman–Crippen MR) is 64.0 cm³/mol. The molecule has 1 saturated heterocycles. The zero-order chi connectivity index (χ0) is 11.5. The summed E-state index contributed by atoms with van der Waals surface area (Å²) >= 11 is 0. The Bertz CT molecular complexity index is 407. The summed E-state index contributed by atoms with van der Waals surface area (Å²) in [6, 6.07) is 0.178. The minimum Gasteiger partial charge on any atom is -0.349 e. The third kappa shape index (κ3) is 2.09. The zero-order valence-electron chi connectivity index (χ0n) is 9.81. The molecule has 1 aromatic rings. The number of piperazine rings is 1. The van der Waals surface area contributed by atoms with Gasteiger partial charge in [-0.25, -0.2) is 4.98 Å². The van der Waals surface area contributed by atoms with Crippen molar-refractivity contribution in [3.63, 3.8) is 0 Å². The number of hydrogen-bond donors (Lipinski definition) is 1. The quantitative estimate of drug-likeness (QED) is 0.778. The van der Waals surface area contributed by atoms with Crippen LogP contribution in [0.3, 0.4) is 0 Å². The Morgan fingerprint density at radius 3 is 2.69 bits per heavy atom. The van der Waals surface area contributed by atoms with Gasteiger partial charge in [0.15, 0.2) is 5.82 Å². The van der Waals surface area contributed by atoms with Crippen LogP contribution in [-0.4, -0.2) is 35.7 Å². The van der Waals surface area contributed by atoms with Crippen molar-refractivity contribution in [3.05, 3.63) is 22.7 Å². The lowest BCUT2D eigenvalue weighted by atomic mass is 10.3. The van der Waals surface area contributed by atoms with E-state index in [9.17, 15) is 4.79 Å². The minimum absolute atomic E-state index is 0.0133. The van der Waals surface area contributed by atoms with Crippen LogP contribution in [0.1, 0.15) is 19.9 Å². The summed E-state index contributed by atoms with van der Waals surface area (Å²) in [5, 5.41) is 3.26. The highest BCUT2D eigenvalue weighted by molar-refractivity contribution is 5.36. The summed E-state index contributed by atoms with van der Waals surface area (Å²) in [5.74, 6) is 0.581. The number of nitrogens with one attached hydrogen (secondary N) is 1. The van der Waals surface area contributed by atoms with E-state index in [0.717, 1.165) is 26.2 Å². The average Bonchev–Trinajstić information content (AvgIpc) is 2.30. The summed E-state index contributed by atoms with van der Waals surface area (Å²) in [4.78, 5) is 18.4. The molecule has 0 saturated carbocycles. The first-order chi connectivity index (χ1) is 7.70. The van der Waals surface area contributed by atoms with Gasteiger partial charge in [-0.3, -0.25) is 4.79 Å². The molecule has 1 aliphatic rings. The fraction of sp³-hybridized carbons (Fsp3) is 0.636. The maximum absolute atomic E-state index is 12.1. The van der Waals surface area contributed by atoms with Crippen molar-refractivity contribution in [2.45, 2.75) is 19.9 Å². The van der Waals surface area contributed by atoms with Crippen LogP contribution in [0.15, 0.2) is 17.2 Å². The zero-order valence-corrected chi connectivity index (χ0v) is 9.81. The molecule has 5 nitrogen and oxygen atoms in total. The monoisotopic (exact) mass is 222 g/mol. The first-order valence-electron chi connectivity index (χ1n) is 5.73. The van der Waals surface area contributed by atoms with Gasteiger partial charge in [-0.2, -0.15) is 0 Å². The van der Waals surface area contributed by atoms with Crippen LogP contribution in [0, 0.1) is 0 Å². The van der Waals surface area contributed by atoms with Crippen LogP contribution in [0.25, 0.3) is 0 Å². The van der Waals surface area contributed by atoms with Crippen molar-refractivity contribution in [2.75, 3.05) is 31.1 Å². The highest BCUT2D eigenvalue weighted by Crippen LogP contribution is 2.07. The summed E-state index contributed by atoms with van der Waals surface area (Å²) in [7, 11) is 0. The lowest BCUT2D eigenvalue weighted by Gasteiger charge is -2.28. The van der Waals surface area contributed by atoms with Crippen molar-refractivity contribution in [2.24, 2.45) is 0 Å². The first kappa shape index (κ1) is 11.1. The van der Waals surface area contributed by atoms with Crippen LogP contribution in [0.5, 0.6) is 0 Å². The first-order valence-corrected chi connectivity index (χ1v) is 5.73. The fourth-order valence-electron chi connectivity index (χ4n) is 1.91. The molecule has 0 radical (unpaired) electrons. The lowest BCUT2D eigenvalue weighted by Crippen LogP contribution is -2.46. The van der Waals surface area contributed by atoms with Crippen molar-refractivity contribution >= 4 is 5.82 Å². The Morgan fingerprint density at radius 2 is 2.06 bits per heavy atom.